The van der Waals surface area contributed by atoms with Crippen molar-refractivity contribution in [3.63, 3.8) is 0 Å². The second-order valence-electron chi connectivity index (χ2n) is 2.82. The molecule has 1 rings (SSSR count). The number of hydrogen-bond donors (Lipinski definition) is 1. The quantitative estimate of drug-likeness (QED) is 0.768. The van der Waals surface area contributed by atoms with Gasteiger partial charge in [-0.15, -0.1) is 0 Å². The number of benzene rings is 1. The van der Waals surface area contributed by atoms with Gasteiger partial charge in [0.25, 0.3) is 0 Å². The zero-order chi connectivity index (χ0) is 10.6. The Labute approximate surface area is 81.2 Å². The summed E-state index contributed by atoms with van der Waals surface area (Å²) in [5.41, 5.74) is 6.18. The highest BCUT2D eigenvalue weighted by molar-refractivity contribution is 5.35. The summed E-state index contributed by atoms with van der Waals surface area (Å²) in [6, 6.07) is 7.21. The highest BCUT2D eigenvalue weighted by atomic mass is 19.1. The van der Waals surface area contributed by atoms with Gasteiger partial charge < -0.3 is 5.73 Å². The predicted octanol–water partition coefficient (Wildman–Crippen LogP) is 1.61. The van der Waals surface area contributed by atoms with Crippen molar-refractivity contribution in [3.8, 4) is 12.1 Å². The lowest BCUT2D eigenvalue weighted by Gasteiger charge is -2.07. The molecule has 0 aliphatic rings. The Kier molecular flexibility index (Phi) is 3.17. The van der Waals surface area contributed by atoms with Gasteiger partial charge in [0.15, 0.2) is 0 Å². The summed E-state index contributed by atoms with van der Waals surface area (Å²) in [6.45, 7) is 0. The summed E-state index contributed by atoms with van der Waals surface area (Å²) in [5, 5.41) is 17.0. The van der Waals surface area contributed by atoms with Crippen LogP contribution in [0.4, 0.5) is 4.39 Å². The van der Waals surface area contributed by atoms with Crippen molar-refractivity contribution in [2.45, 2.75) is 12.5 Å². The van der Waals surface area contributed by atoms with Crippen LogP contribution in [0.3, 0.4) is 0 Å². The number of nitrogens with two attached hydrogens (primary N) is 1. The molecule has 0 bridgehead atoms. The van der Waals surface area contributed by atoms with Gasteiger partial charge >= 0.3 is 0 Å². The van der Waals surface area contributed by atoms with Crippen LogP contribution in [-0.2, 0) is 0 Å². The summed E-state index contributed by atoms with van der Waals surface area (Å²) in [4.78, 5) is 0. The highest BCUT2D eigenvalue weighted by Gasteiger charge is 2.08. The van der Waals surface area contributed by atoms with E-state index in [2.05, 4.69) is 0 Å². The first-order valence-corrected chi connectivity index (χ1v) is 4.01. The van der Waals surface area contributed by atoms with E-state index in [1.165, 1.54) is 18.2 Å². The van der Waals surface area contributed by atoms with E-state index in [1.54, 1.807) is 6.07 Å². The Morgan fingerprint density at radius 1 is 1.43 bits per heavy atom. The van der Waals surface area contributed by atoms with Gasteiger partial charge in [-0.3, -0.25) is 0 Å². The maximum Gasteiger partial charge on any atom is 0.140 e. The number of rotatable bonds is 2. The molecule has 0 amide bonds. The Hall–Kier alpha value is -1.91. The molecule has 0 radical (unpaired) electrons. The van der Waals surface area contributed by atoms with Crippen molar-refractivity contribution >= 4 is 0 Å². The molecule has 0 unspecified atom stereocenters. The smallest absolute Gasteiger partial charge is 0.140 e. The van der Waals surface area contributed by atoms with Crippen LogP contribution in [0.15, 0.2) is 18.2 Å². The van der Waals surface area contributed by atoms with E-state index in [0.717, 1.165) is 0 Å². The van der Waals surface area contributed by atoms with E-state index in [-0.39, 0.29) is 12.0 Å². The van der Waals surface area contributed by atoms with Crippen LogP contribution in [0.1, 0.15) is 23.6 Å². The van der Waals surface area contributed by atoms with E-state index >= 15 is 0 Å². The third kappa shape index (κ3) is 2.07. The van der Waals surface area contributed by atoms with Crippen molar-refractivity contribution in [2.75, 3.05) is 0 Å². The van der Waals surface area contributed by atoms with E-state index in [4.69, 9.17) is 16.3 Å². The molecule has 0 fully saturated rings. The Morgan fingerprint density at radius 3 is 2.71 bits per heavy atom. The zero-order valence-corrected chi connectivity index (χ0v) is 7.37. The first kappa shape index (κ1) is 10.2. The lowest BCUT2D eigenvalue weighted by atomic mass is 10.0. The summed E-state index contributed by atoms with van der Waals surface area (Å²) in [5.74, 6) is -0.569. The van der Waals surface area contributed by atoms with Crippen LogP contribution in [-0.4, -0.2) is 0 Å². The Bertz CT molecular complexity index is 414. The van der Waals surface area contributed by atoms with Crippen molar-refractivity contribution in [3.05, 3.63) is 35.1 Å². The van der Waals surface area contributed by atoms with Crippen LogP contribution in [0.5, 0.6) is 0 Å². The minimum absolute atomic E-state index is 0.0455. The number of halogens is 1. The first-order valence-electron chi connectivity index (χ1n) is 4.01. The number of nitrogens with zero attached hydrogens (tertiary/aromatic N) is 2. The van der Waals surface area contributed by atoms with Crippen LogP contribution < -0.4 is 5.73 Å². The van der Waals surface area contributed by atoms with Crippen LogP contribution in [0.2, 0.25) is 0 Å². The molecule has 1 atom stereocenters. The highest BCUT2D eigenvalue weighted by Crippen LogP contribution is 2.16. The lowest BCUT2D eigenvalue weighted by molar-refractivity contribution is 0.621. The molecular weight excluding hydrogens is 181 g/mol. The van der Waals surface area contributed by atoms with Gasteiger partial charge in [-0.05, 0) is 17.7 Å². The SMILES string of the molecule is N#CC[C@@H](N)c1ccc(F)c(C#N)c1. The summed E-state index contributed by atoms with van der Waals surface area (Å²) < 4.78 is 12.9. The van der Waals surface area contributed by atoms with Gasteiger partial charge in [-0.25, -0.2) is 4.39 Å². The number of nitriles is 2. The van der Waals surface area contributed by atoms with Gasteiger partial charge in [0.1, 0.15) is 11.9 Å². The van der Waals surface area contributed by atoms with E-state index < -0.39 is 11.9 Å². The molecule has 0 aliphatic carbocycles. The minimum atomic E-state index is -0.569. The molecule has 0 heterocycles. The van der Waals surface area contributed by atoms with Crippen molar-refractivity contribution in [2.24, 2.45) is 5.73 Å². The van der Waals surface area contributed by atoms with Gasteiger partial charge in [-0.2, -0.15) is 10.5 Å². The summed E-state index contributed by atoms with van der Waals surface area (Å²) in [6.07, 6.45) is 0.149. The monoisotopic (exact) mass is 189 g/mol. The molecule has 4 heteroatoms. The number of hydrogen-bond acceptors (Lipinski definition) is 3. The molecule has 0 saturated heterocycles. The van der Waals surface area contributed by atoms with E-state index in [9.17, 15) is 4.39 Å². The third-order valence-corrected chi connectivity index (χ3v) is 1.85. The zero-order valence-electron chi connectivity index (χ0n) is 7.37. The molecule has 0 aromatic heterocycles. The average molecular weight is 189 g/mol. The fourth-order valence-electron chi connectivity index (χ4n) is 1.08. The summed E-state index contributed by atoms with van der Waals surface area (Å²) >= 11 is 0. The van der Waals surface area contributed by atoms with Crippen molar-refractivity contribution in [1.82, 2.24) is 0 Å². The van der Waals surface area contributed by atoms with E-state index in [1.807, 2.05) is 6.07 Å². The lowest BCUT2D eigenvalue weighted by Crippen LogP contribution is -2.09. The second-order valence-corrected chi connectivity index (χ2v) is 2.82. The Balaban J connectivity index is 3.03. The molecular formula is C10H8FN3. The molecule has 1 aromatic carbocycles. The fourth-order valence-corrected chi connectivity index (χ4v) is 1.08. The van der Waals surface area contributed by atoms with E-state index in [0.29, 0.717) is 5.56 Å². The molecule has 3 nitrogen and oxygen atoms in total. The maximum atomic E-state index is 12.9. The topological polar surface area (TPSA) is 73.6 Å². The summed E-state index contributed by atoms with van der Waals surface area (Å²) in [7, 11) is 0. The fraction of sp³-hybridized carbons (Fsp3) is 0.200. The first-order chi connectivity index (χ1) is 6.69. The molecule has 14 heavy (non-hydrogen) atoms. The Morgan fingerprint density at radius 2 is 2.14 bits per heavy atom. The van der Waals surface area contributed by atoms with Gasteiger partial charge in [-0.1, -0.05) is 6.07 Å². The normalized spacial score (nSPS) is 11.4. The molecule has 0 aliphatic heterocycles. The minimum Gasteiger partial charge on any atom is -0.323 e. The standard InChI is InChI=1S/C10H8FN3/c11-9-2-1-7(5-8(9)6-13)10(14)3-4-12/h1-2,5,10H,3,14H2/t10-/m1/s1. The van der Waals surface area contributed by atoms with Gasteiger partial charge in [0.2, 0.25) is 0 Å². The average Bonchev–Trinajstić information content (AvgIpc) is 2.19. The second kappa shape index (κ2) is 4.36. The molecule has 2 N–H and O–H groups in total. The van der Waals surface area contributed by atoms with Gasteiger partial charge in [0.05, 0.1) is 18.1 Å². The third-order valence-electron chi connectivity index (χ3n) is 1.85. The molecule has 1 aromatic rings. The largest absolute Gasteiger partial charge is 0.323 e. The van der Waals surface area contributed by atoms with Gasteiger partial charge in [0, 0.05) is 6.04 Å². The van der Waals surface area contributed by atoms with Crippen LogP contribution >= 0.6 is 0 Å². The maximum absolute atomic E-state index is 12.9. The van der Waals surface area contributed by atoms with Crippen molar-refractivity contribution < 1.29 is 4.39 Å². The van der Waals surface area contributed by atoms with Crippen LogP contribution in [0, 0.1) is 28.5 Å². The van der Waals surface area contributed by atoms with Crippen molar-refractivity contribution in [1.29, 1.82) is 10.5 Å². The molecule has 0 spiro atoms. The molecule has 70 valence electrons. The molecule has 0 saturated carbocycles. The predicted molar refractivity (Wildman–Crippen MR) is 48.3 cm³/mol. The van der Waals surface area contributed by atoms with Crippen LogP contribution in [0.25, 0.3) is 0 Å².